The summed E-state index contributed by atoms with van der Waals surface area (Å²) in [6.07, 6.45) is 0.0639. The lowest BCUT2D eigenvalue weighted by atomic mass is 10.0. The number of alkyl halides is 1. The number of rotatable bonds is 3. The molecular formula is C7H11FO. The Morgan fingerprint density at radius 2 is 2.22 bits per heavy atom. The Hall–Kier alpha value is -0.660. The summed E-state index contributed by atoms with van der Waals surface area (Å²) in [4.78, 5) is 10.3. The fourth-order valence-electron chi connectivity index (χ4n) is 0.490. The van der Waals surface area contributed by atoms with Crippen molar-refractivity contribution in [3.05, 3.63) is 12.7 Å². The number of carbonyl (C=O) groups excluding carboxylic acids is 1. The highest BCUT2D eigenvalue weighted by atomic mass is 19.1. The lowest BCUT2D eigenvalue weighted by Crippen LogP contribution is -2.18. The van der Waals surface area contributed by atoms with E-state index in [0.717, 1.165) is 0 Å². The lowest BCUT2D eigenvalue weighted by molar-refractivity contribution is -0.122. The Labute approximate surface area is 54.6 Å². The number of hydrogen-bond donors (Lipinski definition) is 0. The number of halogens is 1. The number of carbonyl (C=O) groups is 1. The third kappa shape index (κ3) is 2.40. The van der Waals surface area contributed by atoms with Crippen LogP contribution in [0.5, 0.6) is 0 Å². The third-order valence-corrected chi connectivity index (χ3v) is 1.22. The Kier molecular flexibility index (Phi) is 3.13. The van der Waals surface area contributed by atoms with E-state index in [1.807, 2.05) is 0 Å². The van der Waals surface area contributed by atoms with Crippen molar-refractivity contribution in [3.8, 4) is 0 Å². The van der Waals surface area contributed by atoms with Crippen LogP contribution in [0.3, 0.4) is 0 Å². The molecule has 2 atom stereocenters. The average molecular weight is 130 g/mol. The van der Waals surface area contributed by atoms with Gasteiger partial charge in [0.1, 0.15) is 0 Å². The van der Waals surface area contributed by atoms with Crippen LogP contribution in [0, 0.1) is 5.92 Å². The topological polar surface area (TPSA) is 17.1 Å². The summed E-state index contributed by atoms with van der Waals surface area (Å²) in [7, 11) is 0. The Bertz CT molecular complexity index is 120. The molecule has 0 saturated heterocycles. The maximum Gasteiger partial charge on any atom is 0.164 e. The minimum atomic E-state index is -1.37. The minimum absolute atomic E-state index is 0.359. The van der Waals surface area contributed by atoms with Crippen LogP contribution in [0.1, 0.15) is 13.8 Å². The van der Waals surface area contributed by atoms with Gasteiger partial charge < -0.3 is 0 Å². The first kappa shape index (κ1) is 8.34. The summed E-state index contributed by atoms with van der Waals surface area (Å²) in [5.41, 5.74) is 0. The van der Waals surface area contributed by atoms with Crippen molar-refractivity contribution < 1.29 is 9.18 Å². The molecule has 0 rings (SSSR count). The van der Waals surface area contributed by atoms with E-state index in [0.29, 0.717) is 0 Å². The maximum atomic E-state index is 12.5. The van der Waals surface area contributed by atoms with Crippen molar-refractivity contribution >= 4 is 5.78 Å². The van der Waals surface area contributed by atoms with Gasteiger partial charge in [0.2, 0.25) is 0 Å². The first-order valence-corrected chi connectivity index (χ1v) is 2.86. The van der Waals surface area contributed by atoms with Crippen LogP contribution < -0.4 is 0 Å². The molecule has 0 amide bonds. The zero-order valence-electron chi connectivity index (χ0n) is 5.73. The first-order chi connectivity index (χ1) is 4.09. The quantitative estimate of drug-likeness (QED) is 0.532. The maximum absolute atomic E-state index is 12.5. The Balaban J connectivity index is 3.86. The van der Waals surface area contributed by atoms with Gasteiger partial charge in [0.25, 0.3) is 0 Å². The highest BCUT2D eigenvalue weighted by Gasteiger charge is 2.17. The predicted octanol–water partition coefficient (Wildman–Crippen LogP) is 1.74. The van der Waals surface area contributed by atoms with Gasteiger partial charge in [-0.25, -0.2) is 4.39 Å². The van der Waals surface area contributed by atoms with E-state index in [4.69, 9.17) is 0 Å². The standard InChI is InChI=1S/C7H11FO/c1-4-5(2)7(8)6(3)9/h4-5,7H,1H2,2-3H3. The normalized spacial score (nSPS) is 16.3. The second kappa shape index (κ2) is 3.38. The van der Waals surface area contributed by atoms with Gasteiger partial charge in [-0.3, -0.25) is 4.79 Å². The minimum Gasteiger partial charge on any atom is -0.297 e. The average Bonchev–Trinajstić information content (AvgIpc) is 1.84. The van der Waals surface area contributed by atoms with Gasteiger partial charge in [-0.2, -0.15) is 0 Å². The summed E-state index contributed by atoms with van der Waals surface area (Å²) < 4.78 is 12.5. The van der Waals surface area contributed by atoms with Crippen LogP contribution in [0.25, 0.3) is 0 Å². The fourth-order valence-corrected chi connectivity index (χ4v) is 0.490. The molecule has 0 aliphatic heterocycles. The van der Waals surface area contributed by atoms with Gasteiger partial charge in [0.15, 0.2) is 12.0 Å². The number of hydrogen-bond acceptors (Lipinski definition) is 1. The SMILES string of the molecule is C=CC(C)C(F)C(C)=O. The number of Topliss-reactive ketones (excluding diaryl/α,β-unsaturated/α-hetero) is 1. The number of ketones is 1. The van der Waals surface area contributed by atoms with E-state index in [-0.39, 0.29) is 5.92 Å². The van der Waals surface area contributed by atoms with Crippen molar-refractivity contribution in [2.75, 3.05) is 0 Å². The van der Waals surface area contributed by atoms with Crippen LogP contribution >= 0.6 is 0 Å². The molecule has 9 heavy (non-hydrogen) atoms. The lowest BCUT2D eigenvalue weighted by Gasteiger charge is -2.06. The first-order valence-electron chi connectivity index (χ1n) is 2.86. The molecule has 0 N–H and O–H groups in total. The van der Waals surface area contributed by atoms with Gasteiger partial charge in [-0.15, -0.1) is 6.58 Å². The fraction of sp³-hybridized carbons (Fsp3) is 0.571. The highest BCUT2D eigenvalue weighted by Crippen LogP contribution is 2.08. The summed E-state index contributed by atoms with van der Waals surface area (Å²) >= 11 is 0. The molecule has 0 radical (unpaired) electrons. The second-order valence-electron chi connectivity index (χ2n) is 2.11. The van der Waals surface area contributed by atoms with Gasteiger partial charge in [0.05, 0.1) is 0 Å². The van der Waals surface area contributed by atoms with Crippen LogP contribution in [-0.4, -0.2) is 12.0 Å². The number of allylic oxidation sites excluding steroid dienone is 1. The van der Waals surface area contributed by atoms with Crippen molar-refractivity contribution in [2.45, 2.75) is 20.0 Å². The third-order valence-electron chi connectivity index (χ3n) is 1.22. The van der Waals surface area contributed by atoms with Gasteiger partial charge in [-0.1, -0.05) is 13.0 Å². The molecule has 0 bridgehead atoms. The highest BCUT2D eigenvalue weighted by molar-refractivity contribution is 5.80. The monoisotopic (exact) mass is 130 g/mol. The second-order valence-corrected chi connectivity index (χ2v) is 2.11. The van der Waals surface area contributed by atoms with E-state index in [2.05, 4.69) is 6.58 Å². The van der Waals surface area contributed by atoms with E-state index in [9.17, 15) is 9.18 Å². The van der Waals surface area contributed by atoms with E-state index < -0.39 is 12.0 Å². The summed E-state index contributed by atoms with van der Waals surface area (Å²) in [5, 5.41) is 0. The zero-order chi connectivity index (χ0) is 7.44. The molecule has 0 aliphatic carbocycles. The molecule has 0 spiro atoms. The van der Waals surface area contributed by atoms with Crippen LogP contribution in [-0.2, 0) is 4.79 Å². The molecule has 0 heterocycles. The Morgan fingerprint density at radius 1 is 1.78 bits per heavy atom. The van der Waals surface area contributed by atoms with Gasteiger partial charge >= 0.3 is 0 Å². The molecule has 0 fully saturated rings. The largest absolute Gasteiger partial charge is 0.297 e. The Morgan fingerprint density at radius 3 is 2.33 bits per heavy atom. The van der Waals surface area contributed by atoms with Crippen molar-refractivity contribution in [1.82, 2.24) is 0 Å². The van der Waals surface area contributed by atoms with Crippen molar-refractivity contribution in [1.29, 1.82) is 0 Å². The summed E-state index contributed by atoms with van der Waals surface area (Å²) in [5.74, 6) is -0.787. The molecule has 52 valence electrons. The molecule has 1 nitrogen and oxygen atoms in total. The smallest absolute Gasteiger partial charge is 0.164 e. The molecule has 0 aromatic carbocycles. The van der Waals surface area contributed by atoms with Crippen LogP contribution in [0.4, 0.5) is 4.39 Å². The predicted molar refractivity (Wildman–Crippen MR) is 34.9 cm³/mol. The zero-order valence-corrected chi connectivity index (χ0v) is 5.73. The van der Waals surface area contributed by atoms with Crippen molar-refractivity contribution in [2.24, 2.45) is 5.92 Å². The van der Waals surface area contributed by atoms with Crippen LogP contribution in [0.15, 0.2) is 12.7 Å². The van der Waals surface area contributed by atoms with Gasteiger partial charge in [0, 0.05) is 5.92 Å². The molecule has 0 aromatic rings. The molecule has 2 unspecified atom stereocenters. The van der Waals surface area contributed by atoms with E-state index >= 15 is 0 Å². The molecule has 0 saturated carbocycles. The van der Waals surface area contributed by atoms with E-state index in [1.54, 1.807) is 6.92 Å². The summed E-state index contributed by atoms with van der Waals surface area (Å²) in [6, 6.07) is 0. The van der Waals surface area contributed by atoms with Crippen LogP contribution in [0.2, 0.25) is 0 Å². The van der Waals surface area contributed by atoms with Gasteiger partial charge in [-0.05, 0) is 6.92 Å². The molecule has 0 aromatic heterocycles. The molecular weight excluding hydrogens is 119 g/mol. The molecule has 2 heteroatoms. The van der Waals surface area contributed by atoms with Crippen molar-refractivity contribution in [3.63, 3.8) is 0 Å². The summed E-state index contributed by atoms with van der Waals surface area (Å²) in [6.45, 7) is 6.24. The molecule has 0 aliphatic rings. The van der Waals surface area contributed by atoms with E-state index in [1.165, 1.54) is 13.0 Å².